The molecule has 50 heavy (non-hydrogen) atoms. The smallest absolute Gasteiger partial charge is 0.345 e. The van der Waals surface area contributed by atoms with Gasteiger partial charge >= 0.3 is 5.63 Å². The molecule has 0 bridgehead atoms. The van der Waals surface area contributed by atoms with Gasteiger partial charge in [0.25, 0.3) is 0 Å². The lowest BCUT2D eigenvalue weighted by Crippen LogP contribution is -2.46. The highest BCUT2D eigenvalue weighted by Gasteiger charge is 2.41. The zero-order chi connectivity index (χ0) is 37.8. The Bertz CT molecular complexity index is 1420. The summed E-state index contributed by atoms with van der Waals surface area (Å²) in [6.07, 6.45) is 12.0. The van der Waals surface area contributed by atoms with Crippen LogP contribution in [0.4, 0.5) is 0 Å². The summed E-state index contributed by atoms with van der Waals surface area (Å²) in [6.45, 7) is 18.0. The molecule has 0 spiro atoms. The third-order valence-electron chi connectivity index (χ3n) is 9.76. The van der Waals surface area contributed by atoms with E-state index in [9.17, 15) is 35.4 Å². The normalized spacial score (nSPS) is 24.5. The maximum Gasteiger partial charge on any atom is 0.345 e. The van der Waals surface area contributed by atoms with Crippen molar-refractivity contribution in [2.24, 2.45) is 23.7 Å². The quantitative estimate of drug-likeness (QED) is 0.0931. The first-order valence-corrected chi connectivity index (χ1v) is 18.1. The predicted molar refractivity (Wildman–Crippen MR) is 199 cm³/mol. The largest absolute Gasteiger partial charge is 0.507 e. The van der Waals surface area contributed by atoms with E-state index in [1.165, 1.54) is 17.2 Å². The summed E-state index contributed by atoms with van der Waals surface area (Å²) in [5.41, 5.74) is 1.00. The Kier molecular flexibility index (Phi) is 17.6. The van der Waals surface area contributed by atoms with Gasteiger partial charge in [0, 0.05) is 25.0 Å². The molecule has 2 heterocycles. The number of aliphatic hydroxyl groups is 5. The topological polar surface area (TPSA) is 161 Å². The summed E-state index contributed by atoms with van der Waals surface area (Å²) in [5, 5.41) is 62.1. The fraction of sp³-hybridized carbons (Fsp3) is 0.634. The fourth-order valence-corrected chi connectivity index (χ4v) is 6.62. The summed E-state index contributed by atoms with van der Waals surface area (Å²) >= 11 is 0. The van der Waals surface area contributed by atoms with Gasteiger partial charge in [-0.2, -0.15) is 0 Å². The van der Waals surface area contributed by atoms with E-state index < -0.39 is 53.9 Å². The van der Waals surface area contributed by atoms with Crippen LogP contribution in [0.5, 0.6) is 5.75 Å². The van der Waals surface area contributed by atoms with E-state index in [1.807, 2.05) is 13.0 Å². The van der Waals surface area contributed by atoms with Gasteiger partial charge in [-0.25, -0.2) is 4.79 Å². The van der Waals surface area contributed by atoms with Crippen molar-refractivity contribution in [1.82, 2.24) is 0 Å². The Morgan fingerprint density at radius 2 is 1.68 bits per heavy atom. The molecule has 5 unspecified atom stereocenters. The first-order chi connectivity index (χ1) is 23.4. The summed E-state index contributed by atoms with van der Waals surface area (Å²) < 4.78 is 11.1. The van der Waals surface area contributed by atoms with Crippen LogP contribution in [0.3, 0.4) is 0 Å². The van der Waals surface area contributed by atoms with Crippen LogP contribution in [0.2, 0.25) is 0 Å². The van der Waals surface area contributed by atoms with Crippen LogP contribution in [0.1, 0.15) is 112 Å². The van der Waals surface area contributed by atoms with E-state index in [0.717, 1.165) is 31.3 Å². The van der Waals surface area contributed by atoms with Gasteiger partial charge in [-0.15, -0.1) is 0 Å². The molecule has 1 aliphatic rings. The summed E-state index contributed by atoms with van der Waals surface area (Å²) in [4.78, 5) is 13.0. The van der Waals surface area contributed by atoms with E-state index in [2.05, 4.69) is 65.8 Å². The first kappa shape index (κ1) is 43.4. The monoisotopic (exact) mass is 700 g/mol. The maximum atomic E-state index is 13.0. The zero-order valence-corrected chi connectivity index (χ0v) is 31.7. The van der Waals surface area contributed by atoms with Gasteiger partial charge < -0.3 is 39.8 Å². The second kappa shape index (κ2) is 20.3. The highest BCUT2D eigenvalue weighted by molar-refractivity contribution is 5.36. The van der Waals surface area contributed by atoms with Gasteiger partial charge in [0.2, 0.25) is 0 Å². The third-order valence-corrected chi connectivity index (χ3v) is 9.76. The lowest BCUT2D eigenvalue weighted by atomic mass is 9.82. The molecule has 9 atom stereocenters. The van der Waals surface area contributed by atoms with Crippen molar-refractivity contribution in [3.63, 3.8) is 0 Å². The van der Waals surface area contributed by atoms with E-state index >= 15 is 0 Å². The molecule has 1 aromatic rings. The molecular formula is C41H64O9. The first-order valence-electron chi connectivity index (χ1n) is 18.1. The van der Waals surface area contributed by atoms with Crippen molar-refractivity contribution in [3.8, 4) is 5.75 Å². The molecule has 0 radical (unpaired) electrons. The number of aromatic hydroxyl groups is 1. The van der Waals surface area contributed by atoms with Crippen molar-refractivity contribution in [2.45, 2.75) is 130 Å². The van der Waals surface area contributed by atoms with Gasteiger partial charge in [-0.1, -0.05) is 93.4 Å². The van der Waals surface area contributed by atoms with Crippen molar-refractivity contribution in [3.05, 3.63) is 87.1 Å². The molecule has 282 valence electrons. The fourth-order valence-electron chi connectivity index (χ4n) is 6.62. The molecule has 0 amide bonds. The molecule has 1 saturated heterocycles. The zero-order valence-electron chi connectivity index (χ0n) is 31.7. The molecule has 1 aromatic heterocycles. The summed E-state index contributed by atoms with van der Waals surface area (Å²) in [6, 6.07) is 1.20. The van der Waals surface area contributed by atoms with Crippen LogP contribution in [0, 0.1) is 23.7 Å². The standard InChI is InChI=1S/C41H64O9/c1-10-25(2)16-26(3)12-11-13-27(4)17-29(6)18-30(7)20-31(23-42)19-28(5)14-15-35(46)41(8,9)36-22-33(44)37(40(48)50-36)39-38(47)34(45)21-32(24-43)49-39/h11-16,19,22,25,29-32,34-35,38-39,42-47H,10,17-18,20-21,23-24H2,1-9H3/b12-11+,15-14+,26-16+,27-13+,28-19+/t25?,29?,30?,31?,32-,34-,35?,38+,39-/m0/s1. The van der Waals surface area contributed by atoms with Crippen LogP contribution in [-0.4, -0.2) is 68.3 Å². The van der Waals surface area contributed by atoms with E-state index in [0.29, 0.717) is 17.8 Å². The molecule has 9 nitrogen and oxygen atoms in total. The van der Waals surface area contributed by atoms with Crippen molar-refractivity contribution >= 4 is 0 Å². The Morgan fingerprint density at radius 3 is 2.28 bits per heavy atom. The second-order valence-electron chi connectivity index (χ2n) is 15.3. The predicted octanol–water partition coefficient (Wildman–Crippen LogP) is 6.58. The SMILES string of the molecule is CCC(C)/C=C(C)/C=C/C=C(\C)CC(C)CC(C)CC(/C=C(C)/C=C/C(O)C(C)(C)c1cc(O)c([C@@H]2O[C@H](CO)C[C@H](O)[C@H]2O)c(=O)o1)CO. The molecule has 6 N–H and O–H groups in total. The minimum atomic E-state index is -1.51. The molecule has 0 aromatic carbocycles. The number of hydrogen-bond acceptors (Lipinski definition) is 9. The number of allylic oxidation sites excluding steroid dienone is 8. The number of ether oxygens (including phenoxy) is 1. The Balaban J connectivity index is 2.04. The second-order valence-corrected chi connectivity index (χ2v) is 15.3. The number of hydrogen-bond donors (Lipinski definition) is 6. The molecule has 1 fully saturated rings. The highest BCUT2D eigenvalue weighted by Crippen LogP contribution is 2.37. The number of rotatable bonds is 18. The van der Waals surface area contributed by atoms with Crippen molar-refractivity contribution in [1.29, 1.82) is 0 Å². The molecule has 9 heteroatoms. The minimum Gasteiger partial charge on any atom is -0.507 e. The van der Waals surface area contributed by atoms with Gasteiger partial charge in [-0.3, -0.25) is 0 Å². The molecule has 1 aliphatic heterocycles. The van der Waals surface area contributed by atoms with E-state index in [-0.39, 0.29) is 30.3 Å². The Labute approximate surface area is 299 Å². The maximum absolute atomic E-state index is 13.0. The van der Waals surface area contributed by atoms with E-state index in [4.69, 9.17) is 9.15 Å². The molecule has 2 rings (SSSR count). The van der Waals surface area contributed by atoms with Crippen LogP contribution in [0.15, 0.2) is 74.5 Å². The highest BCUT2D eigenvalue weighted by atomic mass is 16.5. The van der Waals surface area contributed by atoms with Crippen molar-refractivity contribution in [2.75, 3.05) is 13.2 Å². The van der Waals surface area contributed by atoms with Crippen LogP contribution < -0.4 is 5.63 Å². The Morgan fingerprint density at radius 1 is 1.02 bits per heavy atom. The lowest BCUT2D eigenvalue weighted by molar-refractivity contribution is -0.180. The van der Waals surface area contributed by atoms with Gasteiger partial charge in [0.15, 0.2) is 0 Å². The van der Waals surface area contributed by atoms with Gasteiger partial charge in [0.1, 0.15) is 29.3 Å². The van der Waals surface area contributed by atoms with Crippen LogP contribution in [-0.2, 0) is 10.2 Å². The average molecular weight is 701 g/mol. The summed E-state index contributed by atoms with van der Waals surface area (Å²) in [7, 11) is 0. The van der Waals surface area contributed by atoms with Gasteiger partial charge in [-0.05, 0) is 71.6 Å². The third kappa shape index (κ3) is 13.1. The molecule has 0 aliphatic carbocycles. The van der Waals surface area contributed by atoms with Gasteiger partial charge in [0.05, 0.1) is 30.3 Å². The lowest BCUT2D eigenvalue weighted by Gasteiger charge is -2.36. The van der Waals surface area contributed by atoms with Crippen LogP contribution in [0.25, 0.3) is 0 Å². The van der Waals surface area contributed by atoms with Crippen LogP contribution >= 0.6 is 0 Å². The Hall–Kier alpha value is -2.79. The van der Waals surface area contributed by atoms with Crippen molar-refractivity contribution < 1.29 is 39.8 Å². The molecular weight excluding hydrogens is 636 g/mol. The summed E-state index contributed by atoms with van der Waals surface area (Å²) in [5.74, 6) is 0.947. The average Bonchev–Trinajstić information content (AvgIpc) is 3.04. The minimum absolute atomic E-state index is 0.0114. The van der Waals surface area contributed by atoms with E-state index in [1.54, 1.807) is 26.0 Å². The number of aliphatic hydroxyl groups excluding tert-OH is 5. The molecule has 0 saturated carbocycles.